The van der Waals surface area contributed by atoms with Crippen LogP contribution in [0.1, 0.15) is 22.3 Å². The number of halogens is 1. The largest absolute Gasteiger partial charge is 0.462 e. The molecule has 8 heteroatoms. The molecule has 0 aromatic heterocycles. The molecular formula is C13H16BrNO5S. The lowest BCUT2D eigenvalue weighted by molar-refractivity contribution is 0.0427. The van der Waals surface area contributed by atoms with Crippen molar-refractivity contribution in [3.05, 3.63) is 27.7 Å². The number of primary sulfonamides is 1. The van der Waals surface area contributed by atoms with Gasteiger partial charge in [0.2, 0.25) is 10.0 Å². The number of carbonyl (C=O) groups excluding carboxylic acids is 1. The summed E-state index contributed by atoms with van der Waals surface area (Å²) in [5.74, 6) is -0.371. The summed E-state index contributed by atoms with van der Waals surface area (Å²) in [6.07, 6.45) is 0.854. The quantitative estimate of drug-likeness (QED) is 0.803. The van der Waals surface area contributed by atoms with Crippen LogP contribution in [0.15, 0.2) is 21.5 Å². The van der Waals surface area contributed by atoms with Crippen LogP contribution in [0.25, 0.3) is 0 Å². The van der Waals surface area contributed by atoms with Gasteiger partial charge in [-0.25, -0.2) is 18.4 Å². The van der Waals surface area contributed by atoms with E-state index in [-0.39, 0.29) is 23.0 Å². The Morgan fingerprint density at radius 2 is 2.24 bits per heavy atom. The molecule has 6 nitrogen and oxygen atoms in total. The number of esters is 1. The highest BCUT2D eigenvalue weighted by Gasteiger charge is 2.21. The molecule has 1 aromatic rings. The van der Waals surface area contributed by atoms with E-state index in [1.807, 2.05) is 0 Å². The van der Waals surface area contributed by atoms with Crippen LogP contribution in [0.2, 0.25) is 0 Å². The van der Waals surface area contributed by atoms with Crippen molar-refractivity contribution in [1.82, 2.24) is 0 Å². The van der Waals surface area contributed by atoms with Gasteiger partial charge >= 0.3 is 5.97 Å². The van der Waals surface area contributed by atoms with Gasteiger partial charge in [-0.15, -0.1) is 0 Å². The third-order valence-corrected chi connectivity index (χ3v) is 5.06. The fourth-order valence-electron chi connectivity index (χ4n) is 2.02. The zero-order chi connectivity index (χ0) is 15.6. The number of hydrogen-bond acceptors (Lipinski definition) is 5. The summed E-state index contributed by atoms with van der Waals surface area (Å²) in [7, 11) is -3.89. The molecule has 0 saturated carbocycles. The van der Waals surface area contributed by atoms with Crippen molar-refractivity contribution in [3.63, 3.8) is 0 Å². The van der Waals surface area contributed by atoms with E-state index in [2.05, 4.69) is 15.9 Å². The first kappa shape index (κ1) is 16.4. The summed E-state index contributed by atoms with van der Waals surface area (Å²) in [4.78, 5) is 12.0. The molecule has 1 atom stereocenters. The Morgan fingerprint density at radius 3 is 2.81 bits per heavy atom. The summed E-state index contributed by atoms with van der Waals surface area (Å²) < 4.78 is 33.8. The highest BCUT2D eigenvalue weighted by molar-refractivity contribution is 9.10. The topological polar surface area (TPSA) is 95.7 Å². The Hall–Kier alpha value is -0.960. The lowest BCUT2D eigenvalue weighted by atomic mass is 10.1. The Kier molecular flexibility index (Phi) is 5.03. The van der Waals surface area contributed by atoms with Crippen LogP contribution < -0.4 is 5.14 Å². The minimum Gasteiger partial charge on any atom is -0.462 e. The smallest absolute Gasteiger partial charge is 0.338 e. The lowest BCUT2D eigenvalue weighted by Crippen LogP contribution is -2.17. The van der Waals surface area contributed by atoms with Gasteiger partial charge in [-0.3, -0.25) is 0 Å². The van der Waals surface area contributed by atoms with E-state index in [9.17, 15) is 13.2 Å². The molecule has 116 valence electrons. The standard InChI is InChI=1S/C13H16BrNO5S/c1-8-11(4-10(5-12(8)14)21(15,17)18)13(16)20-7-9-2-3-19-6-9/h4-5,9H,2-3,6-7H2,1H3,(H2,15,17,18). The van der Waals surface area contributed by atoms with Crippen LogP contribution in [-0.2, 0) is 19.5 Å². The first-order chi connectivity index (χ1) is 9.79. The summed E-state index contributed by atoms with van der Waals surface area (Å²) in [5.41, 5.74) is 0.794. The van der Waals surface area contributed by atoms with Crippen molar-refractivity contribution in [2.45, 2.75) is 18.2 Å². The van der Waals surface area contributed by atoms with Crippen molar-refractivity contribution in [1.29, 1.82) is 0 Å². The van der Waals surface area contributed by atoms with Gasteiger partial charge in [0.1, 0.15) is 0 Å². The monoisotopic (exact) mass is 377 g/mol. The first-order valence-corrected chi connectivity index (χ1v) is 8.71. The molecule has 2 N–H and O–H groups in total. The summed E-state index contributed by atoms with van der Waals surface area (Å²) >= 11 is 3.23. The van der Waals surface area contributed by atoms with Crippen LogP contribution in [-0.4, -0.2) is 34.2 Å². The van der Waals surface area contributed by atoms with Crippen molar-refractivity contribution in [2.75, 3.05) is 19.8 Å². The molecule has 0 amide bonds. The predicted molar refractivity (Wildman–Crippen MR) is 79.5 cm³/mol. The maximum atomic E-state index is 12.1. The van der Waals surface area contributed by atoms with E-state index >= 15 is 0 Å². The van der Waals surface area contributed by atoms with Gasteiger partial charge in [0.05, 0.1) is 23.7 Å². The molecule has 1 heterocycles. The van der Waals surface area contributed by atoms with E-state index in [1.54, 1.807) is 6.92 Å². The summed E-state index contributed by atoms with van der Waals surface area (Å²) in [6, 6.07) is 2.61. The molecule has 21 heavy (non-hydrogen) atoms. The molecular weight excluding hydrogens is 362 g/mol. The number of ether oxygens (including phenoxy) is 2. The number of rotatable bonds is 4. The number of nitrogens with two attached hydrogens (primary N) is 1. The number of carbonyl (C=O) groups is 1. The Labute approximate surface area is 131 Å². The normalized spacial score (nSPS) is 18.7. The second-order valence-corrected chi connectivity index (χ2v) is 7.37. The van der Waals surface area contributed by atoms with Crippen LogP contribution >= 0.6 is 15.9 Å². The van der Waals surface area contributed by atoms with Crippen molar-refractivity contribution >= 4 is 31.9 Å². The summed E-state index contributed by atoms with van der Waals surface area (Å²) in [6.45, 7) is 3.21. The molecule has 0 radical (unpaired) electrons. The van der Waals surface area contributed by atoms with E-state index < -0.39 is 16.0 Å². The van der Waals surface area contributed by atoms with Gasteiger partial charge in [0.25, 0.3) is 0 Å². The van der Waals surface area contributed by atoms with Crippen molar-refractivity contribution in [3.8, 4) is 0 Å². The maximum Gasteiger partial charge on any atom is 0.338 e. The lowest BCUT2D eigenvalue weighted by Gasteiger charge is -2.12. The highest BCUT2D eigenvalue weighted by Crippen LogP contribution is 2.25. The number of sulfonamides is 1. The second-order valence-electron chi connectivity index (χ2n) is 4.95. The van der Waals surface area contributed by atoms with Crippen LogP contribution in [0.3, 0.4) is 0 Å². The van der Waals surface area contributed by atoms with Gasteiger partial charge in [-0.05, 0) is 31.0 Å². The van der Waals surface area contributed by atoms with Gasteiger partial charge in [0, 0.05) is 17.0 Å². The zero-order valence-corrected chi connectivity index (χ0v) is 13.9. The molecule has 1 aliphatic rings. The predicted octanol–water partition coefficient (Wildman–Crippen LogP) is 1.60. The SMILES string of the molecule is Cc1c(Br)cc(S(N)(=O)=O)cc1C(=O)OCC1CCOC1. The molecule has 1 aromatic carbocycles. The Bertz CT molecular complexity index is 653. The Balaban J connectivity index is 2.21. The van der Waals surface area contributed by atoms with Gasteiger partial charge in [-0.2, -0.15) is 0 Å². The molecule has 0 aliphatic carbocycles. The van der Waals surface area contributed by atoms with Crippen molar-refractivity contribution < 1.29 is 22.7 Å². The van der Waals surface area contributed by atoms with E-state index in [0.717, 1.165) is 6.42 Å². The van der Waals surface area contributed by atoms with Gasteiger partial charge in [0.15, 0.2) is 0 Å². The number of benzene rings is 1. The highest BCUT2D eigenvalue weighted by atomic mass is 79.9. The summed E-state index contributed by atoms with van der Waals surface area (Å²) in [5, 5.41) is 5.10. The molecule has 1 unspecified atom stereocenters. The molecule has 0 bridgehead atoms. The second kappa shape index (κ2) is 6.43. The minimum absolute atomic E-state index is 0.129. The molecule has 0 spiro atoms. The van der Waals surface area contributed by atoms with Crippen LogP contribution in [0.4, 0.5) is 0 Å². The fourth-order valence-corrected chi connectivity index (χ4v) is 3.19. The fraction of sp³-hybridized carbons (Fsp3) is 0.462. The maximum absolute atomic E-state index is 12.1. The first-order valence-electron chi connectivity index (χ1n) is 6.37. The van der Waals surface area contributed by atoms with Gasteiger partial charge < -0.3 is 9.47 Å². The molecule has 2 rings (SSSR count). The molecule has 1 aliphatic heterocycles. The van der Waals surface area contributed by atoms with E-state index in [0.29, 0.717) is 23.2 Å². The average molecular weight is 378 g/mol. The zero-order valence-electron chi connectivity index (χ0n) is 11.5. The Morgan fingerprint density at radius 1 is 1.52 bits per heavy atom. The van der Waals surface area contributed by atoms with Crippen molar-refractivity contribution in [2.24, 2.45) is 11.1 Å². The van der Waals surface area contributed by atoms with Crippen LogP contribution in [0, 0.1) is 12.8 Å². The van der Waals surface area contributed by atoms with Crippen LogP contribution in [0.5, 0.6) is 0 Å². The van der Waals surface area contributed by atoms with Gasteiger partial charge in [-0.1, -0.05) is 15.9 Å². The molecule has 1 fully saturated rings. The van der Waals surface area contributed by atoms with E-state index in [1.165, 1.54) is 12.1 Å². The third kappa shape index (κ3) is 4.03. The van der Waals surface area contributed by atoms with E-state index in [4.69, 9.17) is 14.6 Å². The third-order valence-electron chi connectivity index (χ3n) is 3.34. The molecule has 1 saturated heterocycles. The minimum atomic E-state index is -3.89. The number of hydrogen-bond donors (Lipinski definition) is 1. The average Bonchev–Trinajstić information content (AvgIpc) is 2.91.